The molecule has 2 N–H and O–H groups in total. The van der Waals surface area contributed by atoms with Gasteiger partial charge in [0.15, 0.2) is 6.17 Å². The van der Waals surface area contributed by atoms with Crippen LogP contribution < -0.4 is 10.6 Å². The fourth-order valence-corrected chi connectivity index (χ4v) is 1.10. The Morgan fingerprint density at radius 1 is 1.45 bits per heavy atom. The van der Waals surface area contributed by atoms with Crippen molar-refractivity contribution in [1.82, 2.24) is 9.80 Å². The maximum atomic E-state index is 5.48. The molecule has 1 radical (unpaired) electrons. The molecule has 0 bridgehead atoms. The van der Waals surface area contributed by atoms with Crippen molar-refractivity contribution in [3.63, 3.8) is 0 Å². The number of nitrogens with two attached hydrogens (primary N) is 1. The lowest BCUT2D eigenvalue weighted by Crippen LogP contribution is -2.49. The van der Waals surface area contributed by atoms with E-state index in [1.807, 2.05) is 0 Å². The number of rotatable bonds is 5. The molecule has 0 aromatic rings. The van der Waals surface area contributed by atoms with Gasteiger partial charge in [0.25, 0.3) is 0 Å². The van der Waals surface area contributed by atoms with Gasteiger partial charge in [-0.3, -0.25) is 4.90 Å². The van der Waals surface area contributed by atoms with E-state index < -0.39 is 0 Å². The molecule has 67 valence electrons. The summed E-state index contributed by atoms with van der Waals surface area (Å²) in [6.45, 7) is 7.15. The third-order valence-corrected chi connectivity index (χ3v) is 2.10. The zero-order valence-electron chi connectivity index (χ0n) is 8.17. The molecule has 11 heavy (non-hydrogen) atoms. The molecule has 0 saturated carbocycles. The van der Waals surface area contributed by atoms with Gasteiger partial charge in [0.05, 0.1) is 0 Å². The smallest absolute Gasteiger partial charge is 0.185 e. The number of likely N-dealkylation sites (N-methyl/N-ethyl adjacent to an activating group) is 1. The Kier molecular flexibility index (Phi) is 5.46. The SMILES string of the molecule is CC[N+](CCN)C(C)N(C)C. The average molecular weight is 159 g/mol. The Hall–Kier alpha value is -0.120. The molecular formula is C8H21N3+. The van der Waals surface area contributed by atoms with Gasteiger partial charge in [0.1, 0.15) is 13.1 Å². The van der Waals surface area contributed by atoms with Crippen molar-refractivity contribution in [3.8, 4) is 0 Å². The molecule has 1 atom stereocenters. The van der Waals surface area contributed by atoms with E-state index >= 15 is 0 Å². The van der Waals surface area contributed by atoms with Gasteiger partial charge in [0.2, 0.25) is 0 Å². The molecular weight excluding hydrogens is 138 g/mol. The molecule has 0 fully saturated rings. The van der Waals surface area contributed by atoms with E-state index in [-0.39, 0.29) is 0 Å². The summed E-state index contributed by atoms with van der Waals surface area (Å²) in [7, 11) is 4.17. The van der Waals surface area contributed by atoms with Crippen molar-refractivity contribution in [2.45, 2.75) is 20.0 Å². The van der Waals surface area contributed by atoms with Gasteiger partial charge in [-0.1, -0.05) is 0 Å². The lowest BCUT2D eigenvalue weighted by molar-refractivity contribution is 0.180. The van der Waals surface area contributed by atoms with Crippen LogP contribution in [0.5, 0.6) is 0 Å². The predicted molar refractivity (Wildman–Crippen MR) is 49.7 cm³/mol. The van der Waals surface area contributed by atoms with Gasteiger partial charge >= 0.3 is 0 Å². The van der Waals surface area contributed by atoms with E-state index in [4.69, 9.17) is 5.73 Å². The normalized spacial score (nSPS) is 14.5. The van der Waals surface area contributed by atoms with Gasteiger partial charge in [-0.05, 0) is 21.0 Å². The first-order chi connectivity index (χ1) is 5.13. The van der Waals surface area contributed by atoms with Crippen molar-refractivity contribution in [3.05, 3.63) is 0 Å². The van der Waals surface area contributed by atoms with Gasteiger partial charge in [-0.2, -0.15) is 4.90 Å². The minimum atomic E-state index is 0.489. The first kappa shape index (κ1) is 10.9. The maximum Gasteiger partial charge on any atom is 0.185 e. The fraction of sp³-hybridized carbons (Fsp3) is 1.00. The Bertz CT molecular complexity index is 93.3. The largest absolute Gasteiger partial charge is 0.325 e. The van der Waals surface area contributed by atoms with Crippen LogP contribution in [-0.2, 0) is 0 Å². The van der Waals surface area contributed by atoms with E-state index in [9.17, 15) is 0 Å². The summed E-state index contributed by atoms with van der Waals surface area (Å²) in [5.74, 6) is 0. The average Bonchev–Trinajstić information content (AvgIpc) is 1.98. The number of hydrogen-bond donors (Lipinski definition) is 1. The highest BCUT2D eigenvalue weighted by Crippen LogP contribution is 1.95. The van der Waals surface area contributed by atoms with E-state index in [1.54, 1.807) is 0 Å². The summed E-state index contributed by atoms with van der Waals surface area (Å²) in [5, 5.41) is 0. The Morgan fingerprint density at radius 2 is 2.00 bits per heavy atom. The molecule has 0 amide bonds. The quantitative estimate of drug-likeness (QED) is 0.453. The molecule has 3 heteroatoms. The highest BCUT2D eigenvalue weighted by atomic mass is 15.3. The van der Waals surface area contributed by atoms with Gasteiger partial charge in [-0.25, -0.2) is 0 Å². The second-order valence-electron chi connectivity index (χ2n) is 3.01. The van der Waals surface area contributed by atoms with Gasteiger partial charge in [0, 0.05) is 13.5 Å². The first-order valence-corrected chi connectivity index (χ1v) is 4.24. The number of nitrogens with zero attached hydrogens (tertiary/aromatic N) is 2. The molecule has 0 aliphatic heterocycles. The summed E-state index contributed by atoms with van der Waals surface area (Å²) in [6.07, 6.45) is 0.489. The third-order valence-electron chi connectivity index (χ3n) is 2.10. The van der Waals surface area contributed by atoms with E-state index in [0.717, 1.165) is 19.6 Å². The second kappa shape index (κ2) is 5.52. The molecule has 0 aromatic carbocycles. The van der Waals surface area contributed by atoms with Crippen molar-refractivity contribution in [2.75, 3.05) is 33.7 Å². The Balaban J connectivity index is 3.81. The van der Waals surface area contributed by atoms with Crippen LogP contribution in [0.3, 0.4) is 0 Å². The minimum absolute atomic E-state index is 0.489. The molecule has 0 heterocycles. The Morgan fingerprint density at radius 3 is 2.27 bits per heavy atom. The molecule has 0 spiro atoms. The van der Waals surface area contributed by atoms with Crippen LogP contribution in [0, 0.1) is 0 Å². The molecule has 0 aromatic heterocycles. The summed E-state index contributed by atoms with van der Waals surface area (Å²) in [5.41, 5.74) is 5.48. The van der Waals surface area contributed by atoms with E-state index in [0.29, 0.717) is 6.17 Å². The lowest BCUT2D eigenvalue weighted by Gasteiger charge is -2.22. The zero-order chi connectivity index (χ0) is 8.85. The van der Waals surface area contributed by atoms with Crippen LogP contribution in [0.4, 0.5) is 0 Å². The Labute approximate surface area is 70.2 Å². The summed E-state index contributed by atoms with van der Waals surface area (Å²) < 4.78 is 0. The zero-order valence-corrected chi connectivity index (χ0v) is 8.17. The maximum absolute atomic E-state index is 5.48. The van der Waals surface area contributed by atoms with Gasteiger partial charge < -0.3 is 5.73 Å². The lowest BCUT2D eigenvalue weighted by atomic mass is 10.4. The second-order valence-corrected chi connectivity index (χ2v) is 3.01. The standard InChI is InChI=1S/C8H21N3/c1-5-11(7-6-9)8(2)10(3)4/h8H,5-7,9H2,1-4H3/q+1. The van der Waals surface area contributed by atoms with Gasteiger partial charge in [-0.15, -0.1) is 0 Å². The van der Waals surface area contributed by atoms with Crippen molar-refractivity contribution >= 4 is 0 Å². The van der Waals surface area contributed by atoms with E-state index in [2.05, 4.69) is 37.7 Å². The van der Waals surface area contributed by atoms with Crippen LogP contribution >= 0.6 is 0 Å². The molecule has 0 aliphatic carbocycles. The topological polar surface area (TPSA) is 35.2 Å². The summed E-state index contributed by atoms with van der Waals surface area (Å²) >= 11 is 0. The molecule has 0 saturated heterocycles. The van der Waals surface area contributed by atoms with Crippen molar-refractivity contribution in [1.29, 1.82) is 0 Å². The molecule has 1 unspecified atom stereocenters. The molecule has 0 rings (SSSR count). The summed E-state index contributed by atoms with van der Waals surface area (Å²) in [6, 6.07) is 0. The van der Waals surface area contributed by atoms with Crippen LogP contribution in [0.25, 0.3) is 0 Å². The highest BCUT2D eigenvalue weighted by molar-refractivity contribution is 4.68. The highest BCUT2D eigenvalue weighted by Gasteiger charge is 2.21. The van der Waals surface area contributed by atoms with Crippen LogP contribution in [0.15, 0.2) is 0 Å². The molecule has 0 aliphatic rings. The monoisotopic (exact) mass is 159 g/mol. The summed E-state index contributed by atoms with van der Waals surface area (Å²) in [4.78, 5) is 4.54. The predicted octanol–water partition coefficient (Wildman–Crippen LogP) is 0.0127. The van der Waals surface area contributed by atoms with E-state index in [1.165, 1.54) is 0 Å². The van der Waals surface area contributed by atoms with Crippen LogP contribution in [0.2, 0.25) is 0 Å². The van der Waals surface area contributed by atoms with Crippen molar-refractivity contribution < 1.29 is 0 Å². The first-order valence-electron chi connectivity index (χ1n) is 4.24. The molecule has 3 nitrogen and oxygen atoms in total. The van der Waals surface area contributed by atoms with Crippen LogP contribution in [0.1, 0.15) is 13.8 Å². The van der Waals surface area contributed by atoms with Crippen molar-refractivity contribution in [2.24, 2.45) is 5.73 Å². The minimum Gasteiger partial charge on any atom is -0.325 e. The fourth-order valence-electron chi connectivity index (χ4n) is 1.10. The van der Waals surface area contributed by atoms with Crippen LogP contribution in [-0.4, -0.2) is 44.8 Å². The third kappa shape index (κ3) is 3.70. The number of hydrogen-bond acceptors (Lipinski definition) is 3.